The molecule has 0 radical (unpaired) electrons. The van der Waals surface area contributed by atoms with Crippen LogP contribution in [0.15, 0.2) is 47.5 Å². The predicted molar refractivity (Wildman–Crippen MR) is 118 cm³/mol. The first-order chi connectivity index (χ1) is 14.4. The number of aryl methyl sites for hydroxylation is 1. The topological polar surface area (TPSA) is 71.0 Å². The van der Waals surface area contributed by atoms with Crippen molar-refractivity contribution in [3.63, 3.8) is 0 Å². The van der Waals surface area contributed by atoms with Crippen molar-refractivity contribution in [3.05, 3.63) is 65.0 Å². The summed E-state index contributed by atoms with van der Waals surface area (Å²) in [6, 6.07) is 11.3. The summed E-state index contributed by atoms with van der Waals surface area (Å²) in [6.07, 6.45) is 0.509. The van der Waals surface area contributed by atoms with E-state index in [-0.39, 0.29) is 23.7 Å². The fourth-order valence-corrected chi connectivity index (χ4v) is 4.45. The number of anilines is 1. The molecule has 3 rings (SSSR count). The number of carbonyl (C=O) groups is 2. The Bertz CT molecular complexity index is 963. The van der Waals surface area contributed by atoms with Crippen LogP contribution >= 0.6 is 11.8 Å². The number of benzene rings is 2. The maximum absolute atomic E-state index is 13.3. The highest BCUT2D eigenvalue weighted by atomic mass is 32.2. The number of amidine groups is 1. The third kappa shape index (κ3) is 4.81. The summed E-state index contributed by atoms with van der Waals surface area (Å²) in [5, 5.41) is 2.70. The van der Waals surface area contributed by atoms with Crippen molar-refractivity contribution in [1.82, 2.24) is 5.32 Å². The molecule has 2 aromatic rings. The highest BCUT2D eigenvalue weighted by Crippen LogP contribution is 2.42. The highest BCUT2D eigenvalue weighted by molar-refractivity contribution is 8.00. The van der Waals surface area contributed by atoms with Gasteiger partial charge in [0.25, 0.3) is 0 Å². The Morgan fingerprint density at radius 2 is 2.03 bits per heavy atom. The van der Waals surface area contributed by atoms with Crippen LogP contribution in [0.1, 0.15) is 33.3 Å². The average Bonchev–Trinajstić information content (AvgIpc) is 3.12. The van der Waals surface area contributed by atoms with Gasteiger partial charge >= 0.3 is 5.97 Å². The molecule has 2 aromatic carbocycles. The first kappa shape index (κ1) is 21.8. The van der Waals surface area contributed by atoms with E-state index in [0.29, 0.717) is 17.7 Å². The van der Waals surface area contributed by atoms with Crippen LogP contribution in [0.3, 0.4) is 0 Å². The Balaban J connectivity index is 1.76. The van der Waals surface area contributed by atoms with Gasteiger partial charge in [-0.15, -0.1) is 11.8 Å². The van der Waals surface area contributed by atoms with E-state index in [9.17, 15) is 14.0 Å². The molecule has 0 aromatic heterocycles. The van der Waals surface area contributed by atoms with E-state index in [2.05, 4.69) is 10.3 Å². The standard InChI is InChI=1S/C22H24FN3O3S/c1-14-12-16(22(28)29-11-10-19(24-2)25-3)6-9-18(14)26-20(27)13-30-21(26)15-4-7-17(23)8-5-15/h4-9,12,21H,10-11,13H2,1-3H3,(H,24,25). The SMILES string of the molecule is CN=C(CCOC(=O)c1ccc(N2C(=O)CSC2c2ccc(F)cc2)c(C)c1)NC. The van der Waals surface area contributed by atoms with Crippen LogP contribution in [0.5, 0.6) is 0 Å². The van der Waals surface area contributed by atoms with Gasteiger partial charge in [0.05, 0.1) is 23.8 Å². The molecule has 0 aliphatic carbocycles. The molecule has 0 spiro atoms. The van der Waals surface area contributed by atoms with Gasteiger partial charge < -0.3 is 10.1 Å². The van der Waals surface area contributed by atoms with Crippen molar-refractivity contribution in [2.75, 3.05) is 31.4 Å². The minimum absolute atomic E-state index is 0.0220. The predicted octanol–water partition coefficient (Wildman–Crippen LogP) is 3.71. The van der Waals surface area contributed by atoms with Gasteiger partial charge in [0.2, 0.25) is 5.91 Å². The number of amides is 1. The van der Waals surface area contributed by atoms with Crippen LogP contribution in [-0.4, -0.2) is 44.2 Å². The Hall–Kier alpha value is -2.87. The highest BCUT2D eigenvalue weighted by Gasteiger charge is 2.35. The summed E-state index contributed by atoms with van der Waals surface area (Å²) in [6.45, 7) is 2.08. The van der Waals surface area contributed by atoms with Gasteiger partial charge in [-0.3, -0.25) is 14.7 Å². The second kappa shape index (κ2) is 9.75. The van der Waals surface area contributed by atoms with E-state index in [0.717, 1.165) is 22.6 Å². The van der Waals surface area contributed by atoms with Gasteiger partial charge in [-0.1, -0.05) is 12.1 Å². The van der Waals surface area contributed by atoms with E-state index >= 15 is 0 Å². The number of nitrogens with zero attached hydrogens (tertiary/aromatic N) is 2. The Morgan fingerprint density at radius 1 is 1.30 bits per heavy atom. The van der Waals surface area contributed by atoms with Crippen LogP contribution in [0.25, 0.3) is 0 Å². The van der Waals surface area contributed by atoms with E-state index in [1.807, 2.05) is 6.92 Å². The molecular weight excluding hydrogens is 405 g/mol. The lowest BCUT2D eigenvalue weighted by atomic mass is 10.1. The van der Waals surface area contributed by atoms with E-state index in [4.69, 9.17) is 4.74 Å². The number of halogens is 1. The van der Waals surface area contributed by atoms with Crippen molar-refractivity contribution >= 4 is 35.2 Å². The molecule has 0 saturated carbocycles. The first-order valence-electron chi connectivity index (χ1n) is 9.55. The zero-order chi connectivity index (χ0) is 21.7. The summed E-state index contributed by atoms with van der Waals surface area (Å²) in [5.41, 5.74) is 2.80. The zero-order valence-electron chi connectivity index (χ0n) is 17.1. The Kier molecular flexibility index (Phi) is 7.10. The van der Waals surface area contributed by atoms with Gasteiger partial charge in [-0.2, -0.15) is 0 Å². The largest absolute Gasteiger partial charge is 0.462 e. The summed E-state index contributed by atoms with van der Waals surface area (Å²) >= 11 is 1.49. The number of aliphatic imine (C=N–C) groups is 1. The second-order valence-corrected chi connectivity index (χ2v) is 7.85. The molecule has 6 nitrogen and oxygen atoms in total. The van der Waals surface area contributed by atoms with Crippen molar-refractivity contribution in [1.29, 1.82) is 0 Å². The molecule has 1 amide bonds. The smallest absolute Gasteiger partial charge is 0.338 e. The summed E-state index contributed by atoms with van der Waals surface area (Å²) in [5.74, 6) is 0.342. The average molecular weight is 430 g/mol. The fraction of sp³-hybridized carbons (Fsp3) is 0.318. The molecule has 1 fully saturated rings. The van der Waals surface area contributed by atoms with E-state index in [1.54, 1.807) is 49.3 Å². The van der Waals surface area contributed by atoms with Crippen LogP contribution in [0.4, 0.5) is 10.1 Å². The van der Waals surface area contributed by atoms with Gasteiger partial charge in [-0.25, -0.2) is 9.18 Å². The van der Waals surface area contributed by atoms with Gasteiger partial charge in [0, 0.05) is 26.2 Å². The fourth-order valence-electron chi connectivity index (χ4n) is 3.28. The number of ether oxygens (including phenoxy) is 1. The van der Waals surface area contributed by atoms with Gasteiger partial charge in [0.15, 0.2) is 0 Å². The Morgan fingerprint density at radius 3 is 2.67 bits per heavy atom. The van der Waals surface area contributed by atoms with Crippen LogP contribution < -0.4 is 10.2 Å². The summed E-state index contributed by atoms with van der Waals surface area (Å²) < 4.78 is 18.6. The number of carbonyl (C=O) groups excluding carboxylic acids is 2. The number of thioether (sulfide) groups is 1. The number of esters is 1. The normalized spacial score (nSPS) is 16.7. The second-order valence-electron chi connectivity index (χ2n) is 6.79. The molecular formula is C22H24FN3O3S. The van der Waals surface area contributed by atoms with Crippen LogP contribution in [-0.2, 0) is 9.53 Å². The van der Waals surface area contributed by atoms with Gasteiger partial charge in [-0.05, 0) is 48.4 Å². The van der Waals surface area contributed by atoms with E-state index in [1.165, 1.54) is 23.9 Å². The molecule has 158 valence electrons. The molecule has 0 bridgehead atoms. The molecule has 1 aliphatic heterocycles. The molecule has 1 unspecified atom stereocenters. The molecule has 30 heavy (non-hydrogen) atoms. The maximum atomic E-state index is 13.3. The third-order valence-corrected chi connectivity index (χ3v) is 6.06. The third-order valence-electron chi connectivity index (χ3n) is 4.85. The first-order valence-corrected chi connectivity index (χ1v) is 10.6. The van der Waals surface area contributed by atoms with E-state index < -0.39 is 5.97 Å². The number of hydrogen-bond acceptors (Lipinski definition) is 5. The zero-order valence-corrected chi connectivity index (χ0v) is 18.0. The van der Waals surface area contributed by atoms with Crippen LogP contribution in [0, 0.1) is 12.7 Å². The number of rotatable bonds is 6. The molecule has 1 heterocycles. The quantitative estimate of drug-likeness (QED) is 0.431. The van der Waals surface area contributed by atoms with Crippen molar-refractivity contribution < 1.29 is 18.7 Å². The summed E-state index contributed by atoms with van der Waals surface area (Å²) in [4.78, 5) is 30.7. The van der Waals surface area contributed by atoms with Crippen molar-refractivity contribution in [3.8, 4) is 0 Å². The minimum atomic E-state index is -0.423. The number of nitrogens with one attached hydrogen (secondary N) is 1. The van der Waals surface area contributed by atoms with Crippen molar-refractivity contribution in [2.45, 2.75) is 18.7 Å². The number of hydrogen-bond donors (Lipinski definition) is 1. The molecule has 1 saturated heterocycles. The lowest BCUT2D eigenvalue weighted by Crippen LogP contribution is -2.28. The summed E-state index contributed by atoms with van der Waals surface area (Å²) in [7, 11) is 3.44. The molecule has 1 N–H and O–H groups in total. The lowest BCUT2D eigenvalue weighted by Gasteiger charge is -2.26. The van der Waals surface area contributed by atoms with Gasteiger partial charge in [0.1, 0.15) is 11.2 Å². The monoisotopic (exact) mass is 429 g/mol. The molecule has 8 heteroatoms. The molecule has 1 aliphatic rings. The lowest BCUT2D eigenvalue weighted by molar-refractivity contribution is -0.115. The maximum Gasteiger partial charge on any atom is 0.338 e. The molecule has 1 atom stereocenters. The van der Waals surface area contributed by atoms with Crippen molar-refractivity contribution in [2.24, 2.45) is 4.99 Å². The Labute approximate surface area is 179 Å². The minimum Gasteiger partial charge on any atom is -0.462 e. The van der Waals surface area contributed by atoms with Crippen LogP contribution in [0.2, 0.25) is 0 Å².